The van der Waals surface area contributed by atoms with Crippen LogP contribution in [0, 0.1) is 0 Å². The lowest BCUT2D eigenvalue weighted by molar-refractivity contribution is -0.134. The van der Waals surface area contributed by atoms with Crippen LogP contribution in [0.4, 0.5) is 0 Å². The number of amides is 3. The molecule has 182 valence electrons. The topological polar surface area (TPSA) is 102 Å². The number of carbonyl (C=O) groups excluding carboxylic acids is 3. The Morgan fingerprint density at radius 2 is 1.97 bits per heavy atom. The molecule has 0 fully saturated rings. The molecule has 3 aromatic rings. The maximum Gasteiger partial charge on any atom is 0.252 e. The summed E-state index contributed by atoms with van der Waals surface area (Å²) in [6, 6.07) is 15.3. The highest BCUT2D eigenvalue weighted by Gasteiger charge is 2.28. The number of nitrogens with one attached hydrogen (secondary N) is 1. The average Bonchev–Trinajstić information content (AvgIpc) is 3.35. The molecule has 2 aromatic carbocycles. The van der Waals surface area contributed by atoms with Crippen molar-refractivity contribution in [2.24, 2.45) is 5.73 Å². The lowest BCUT2D eigenvalue weighted by atomic mass is 10.1. The van der Waals surface area contributed by atoms with E-state index in [1.165, 1.54) is 10.4 Å². The van der Waals surface area contributed by atoms with Gasteiger partial charge in [0.1, 0.15) is 18.4 Å². The first-order valence-electron chi connectivity index (χ1n) is 11.7. The molecule has 2 heterocycles. The molecule has 3 amide bonds. The van der Waals surface area contributed by atoms with Crippen LogP contribution in [0.5, 0.6) is 5.75 Å². The molecule has 0 saturated heterocycles. The van der Waals surface area contributed by atoms with Crippen LogP contribution in [0.2, 0.25) is 0 Å². The monoisotopic (exact) mass is 491 g/mol. The maximum absolute atomic E-state index is 13.3. The number of primary amides is 1. The zero-order chi connectivity index (χ0) is 24.8. The highest BCUT2D eigenvalue weighted by atomic mass is 32.1. The average molecular weight is 492 g/mol. The molecule has 0 bridgehead atoms. The van der Waals surface area contributed by atoms with E-state index >= 15 is 0 Å². The third kappa shape index (κ3) is 5.89. The normalized spacial score (nSPS) is 13.6. The van der Waals surface area contributed by atoms with Crippen LogP contribution in [0.3, 0.4) is 0 Å². The molecule has 0 spiro atoms. The number of fused-ring (bicyclic) bond motifs is 1. The Kier molecular flexibility index (Phi) is 7.82. The van der Waals surface area contributed by atoms with Crippen molar-refractivity contribution in [3.05, 3.63) is 87.1 Å². The highest BCUT2D eigenvalue weighted by molar-refractivity contribution is 7.10. The number of hydrogen-bond donors (Lipinski definition) is 2. The van der Waals surface area contributed by atoms with Crippen LogP contribution in [0.25, 0.3) is 0 Å². The number of benzene rings is 2. The van der Waals surface area contributed by atoms with Gasteiger partial charge in [0.15, 0.2) is 0 Å². The van der Waals surface area contributed by atoms with Gasteiger partial charge in [-0.2, -0.15) is 0 Å². The van der Waals surface area contributed by atoms with Crippen molar-refractivity contribution < 1.29 is 19.1 Å². The lowest BCUT2D eigenvalue weighted by Gasteiger charge is -2.31. The first kappa shape index (κ1) is 24.5. The van der Waals surface area contributed by atoms with E-state index in [4.69, 9.17) is 10.5 Å². The van der Waals surface area contributed by atoms with Crippen molar-refractivity contribution in [2.75, 3.05) is 6.54 Å². The van der Waals surface area contributed by atoms with E-state index in [1.54, 1.807) is 53.8 Å². The van der Waals surface area contributed by atoms with Crippen LogP contribution in [0.15, 0.2) is 60.0 Å². The molecule has 0 aliphatic carbocycles. The van der Waals surface area contributed by atoms with Crippen LogP contribution in [-0.2, 0) is 24.4 Å². The molecule has 35 heavy (non-hydrogen) atoms. The van der Waals surface area contributed by atoms with Gasteiger partial charge in [-0.25, -0.2) is 0 Å². The van der Waals surface area contributed by atoms with Gasteiger partial charge in [-0.05, 0) is 59.7 Å². The van der Waals surface area contributed by atoms with Gasteiger partial charge in [0.2, 0.25) is 5.91 Å². The molecule has 1 aromatic heterocycles. The fourth-order valence-electron chi connectivity index (χ4n) is 4.20. The van der Waals surface area contributed by atoms with E-state index in [0.29, 0.717) is 36.4 Å². The van der Waals surface area contributed by atoms with Crippen molar-refractivity contribution >= 4 is 29.1 Å². The van der Waals surface area contributed by atoms with Crippen LogP contribution in [0.1, 0.15) is 56.5 Å². The Hall–Kier alpha value is -3.65. The minimum Gasteiger partial charge on any atom is -0.488 e. The summed E-state index contributed by atoms with van der Waals surface area (Å²) in [5.74, 6) is -0.521. The van der Waals surface area contributed by atoms with Gasteiger partial charge in [-0.1, -0.05) is 37.6 Å². The molecule has 0 saturated carbocycles. The van der Waals surface area contributed by atoms with E-state index in [2.05, 4.69) is 16.8 Å². The molecule has 1 unspecified atom stereocenters. The number of ether oxygens (including phenoxy) is 1. The Morgan fingerprint density at radius 1 is 1.14 bits per heavy atom. The van der Waals surface area contributed by atoms with Gasteiger partial charge >= 0.3 is 0 Å². The molecular formula is C27H29N3O4S. The van der Waals surface area contributed by atoms with Crippen LogP contribution >= 0.6 is 11.3 Å². The number of nitrogens with zero attached hydrogens (tertiary/aromatic N) is 1. The molecule has 0 radical (unpaired) electrons. The molecule has 7 nitrogen and oxygen atoms in total. The quantitative estimate of drug-likeness (QED) is 0.474. The van der Waals surface area contributed by atoms with Gasteiger partial charge in [0.25, 0.3) is 11.8 Å². The lowest BCUT2D eigenvalue weighted by Crippen LogP contribution is -2.49. The SMILES string of the molecule is CCCC(NC(=O)c1cccc(COc2ccccc2C(N)=O)c1)C(=O)N1CCc2sccc2C1. The molecule has 1 aliphatic heterocycles. The fourth-order valence-corrected chi connectivity index (χ4v) is 5.09. The van der Waals surface area contributed by atoms with Gasteiger partial charge in [-0.15, -0.1) is 11.3 Å². The van der Waals surface area contributed by atoms with Crippen molar-refractivity contribution in [3.63, 3.8) is 0 Å². The van der Waals surface area contributed by atoms with Crippen molar-refractivity contribution in [2.45, 2.75) is 45.4 Å². The summed E-state index contributed by atoms with van der Waals surface area (Å²) in [6.45, 7) is 3.43. The zero-order valence-corrected chi connectivity index (χ0v) is 20.5. The minimum absolute atomic E-state index is 0.0420. The standard InChI is InChI=1S/C27H29N3O4S/c1-2-6-22(27(33)30-13-11-24-20(16-30)12-14-35-24)29-26(32)19-8-5-7-18(15-19)17-34-23-10-4-3-9-21(23)25(28)31/h3-5,7-10,12,14-15,22H,2,6,11,13,16-17H2,1H3,(H2,28,31)(H,29,32). The number of rotatable bonds is 9. The van der Waals surface area contributed by atoms with Crippen LogP contribution < -0.4 is 15.8 Å². The van der Waals surface area contributed by atoms with Crippen molar-refractivity contribution in [1.82, 2.24) is 10.2 Å². The Labute approximate surface area is 208 Å². The Morgan fingerprint density at radius 3 is 2.77 bits per heavy atom. The third-order valence-corrected chi connectivity index (χ3v) is 7.06. The van der Waals surface area contributed by atoms with Crippen molar-refractivity contribution in [1.29, 1.82) is 0 Å². The Bertz CT molecular complexity index is 1220. The van der Waals surface area contributed by atoms with Gasteiger partial charge in [0.05, 0.1) is 5.56 Å². The smallest absolute Gasteiger partial charge is 0.252 e. The molecule has 1 aliphatic rings. The van der Waals surface area contributed by atoms with Gasteiger partial charge in [-0.3, -0.25) is 14.4 Å². The number of hydrogen-bond acceptors (Lipinski definition) is 5. The molecular weight excluding hydrogens is 462 g/mol. The second-order valence-corrected chi connectivity index (χ2v) is 9.54. The zero-order valence-electron chi connectivity index (χ0n) is 19.7. The maximum atomic E-state index is 13.3. The van der Waals surface area contributed by atoms with Crippen LogP contribution in [-0.4, -0.2) is 35.2 Å². The fraction of sp³-hybridized carbons (Fsp3) is 0.296. The number of thiophene rings is 1. The summed E-state index contributed by atoms with van der Waals surface area (Å²) in [6.07, 6.45) is 2.21. The second kappa shape index (κ2) is 11.2. The number of para-hydroxylation sites is 1. The number of carbonyl (C=O) groups is 3. The summed E-state index contributed by atoms with van der Waals surface area (Å²) >= 11 is 1.73. The first-order valence-corrected chi connectivity index (χ1v) is 12.6. The molecule has 3 N–H and O–H groups in total. The summed E-state index contributed by atoms with van der Waals surface area (Å²) in [4.78, 5) is 41.1. The minimum atomic E-state index is -0.574. The van der Waals surface area contributed by atoms with E-state index in [9.17, 15) is 14.4 Å². The molecule has 1 atom stereocenters. The summed E-state index contributed by atoms with van der Waals surface area (Å²) in [5.41, 5.74) is 8.12. The van der Waals surface area contributed by atoms with Gasteiger partial charge < -0.3 is 20.7 Å². The summed E-state index contributed by atoms with van der Waals surface area (Å²) < 4.78 is 5.79. The third-order valence-electron chi connectivity index (χ3n) is 6.04. The van der Waals surface area contributed by atoms with Gasteiger partial charge in [0, 0.05) is 23.5 Å². The van der Waals surface area contributed by atoms with E-state index < -0.39 is 11.9 Å². The largest absolute Gasteiger partial charge is 0.488 e. The van der Waals surface area contributed by atoms with E-state index in [-0.39, 0.29) is 18.4 Å². The van der Waals surface area contributed by atoms with Crippen molar-refractivity contribution in [3.8, 4) is 5.75 Å². The predicted molar refractivity (Wildman–Crippen MR) is 135 cm³/mol. The summed E-state index contributed by atoms with van der Waals surface area (Å²) in [5, 5.41) is 5.01. The Balaban J connectivity index is 1.41. The number of nitrogens with two attached hydrogens (primary N) is 1. The first-order chi connectivity index (χ1) is 17.0. The highest BCUT2D eigenvalue weighted by Crippen LogP contribution is 2.25. The molecule has 8 heteroatoms. The van der Waals surface area contributed by atoms with E-state index in [0.717, 1.165) is 18.4 Å². The predicted octanol–water partition coefficient (Wildman–Crippen LogP) is 3.91. The summed E-state index contributed by atoms with van der Waals surface area (Å²) in [7, 11) is 0. The second-order valence-electron chi connectivity index (χ2n) is 8.54. The molecule has 4 rings (SSSR count). The van der Waals surface area contributed by atoms with E-state index in [1.807, 2.05) is 17.9 Å².